The molecule has 36 heavy (non-hydrogen) atoms. The first-order valence-corrected chi connectivity index (χ1v) is 10.4. The number of hydrogen-bond acceptors (Lipinski definition) is 8. The van der Waals surface area contributed by atoms with Crippen LogP contribution in [-0.2, 0) is 0 Å². The standard InChI is InChI=1S/C26H16N2O8/c29-23-11-9-19(13-21(23)27(33)34)25(31)17-5-1-15(2-6-17)16-3-7-18(8-4-16)26(32)20-10-12-24(30)22(14-20)28(35)36/h1-14,29-30H. The number of benzene rings is 4. The summed E-state index contributed by atoms with van der Waals surface area (Å²) in [6.07, 6.45) is 0. The molecule has 0 amide bonds. The van der Waals surface area contributed by atoms with Crippen molar-refractivity contribution in [3.63, 3.8) is 0 Å². The van der Waals surface area contributed by atoms with Crippen LogP contribution < -0.4 is 0 Å². The topological polar surface area (TPSA) is 161 Å². The normalized spacial score (nSPS) is 10.6. The third-order valence-corrected chi connectivity index (χ3v) is 5.50. The predicted octanol–water partition coefficient (Wildman–Crippen LogP) is 5.04. The van der Waals surface area contributed by atoms with Gasteiger partial charge in [0.05, 0.1) is 9.85 Å². The average molecular weight is 484 g/mol. The first-order chi connectivity index (χ1) is 17.2. The number of nitro groups is 2. The Morgan fingerprint density at radius 3 is 1.14 bits per heavy atom. The van der Waals surface area contributed by atoms with Gasteiger partial charge in [0.2, 0.25) is 0 Å². The average Bonchev–Trinajstić information content (AvgIpc) is 2.88. The predicted molar refractivity (Wildman–Crippen MR) is 128 cm³/mol. The van der Waals surface area contributed by atoms with Crippen LogP contribution >= 0.6 is 0 Å². The molecule has 0 saturated heterocycles. The fourth-order valence-electron chi connectivity index (χ4n) is 3.58. The molecule has 0 aliphatic carbocycles. The number of rotatable bonds is 7. The fraction of sp³-hybridized carbons (Fsp3) is 0. The highest BCUT2D eigenvalue weighted by Gasteiger charge is 2.19. The second-order valence-electron chi connectivity index (χ2n) is 7.73. The van der Waals surface area contributed by atoms with E-state index >= 15 is 0 Å². The zero-order valence-electron chi connectivity index (χ0n) is 18.3. The molecule has 0 aliphatic rings. The molecule has 0 spiro atoms. The molecule has 4 rings (SSSR count). The SMILES string of the molecule is O=C(c1ccc(-c2ccc(C(=O)c3ccc(O)c([N+](=O)[O-])c3)cc2)cc1)c1ccc(O)c([N+](=O)[O-])c1. The van der Waals surface area contributed by atoms with Crippen molar-refractivity contribution in [1.82, 2.24) is 0 Å². The Morgan fingerprint density at radius 2 is 0.833 bits per heavy atom. The Bertz CT molecular complexity index is 1410. The van der Waals surface area contributed by atoms with Gasteiger partial charge in [-0.05, 0) is 35.4 Å². The molecule has 0 aliphatic heterocycles. The number of aromatic hydroxyl groups is 2. The highest BCUT2D eigenvalue weighted by atomic mass is 16.6. The van der Waals surface area contributed by atoms with Crippen molar-refractivity contribution in [2.45, 2.75) is 0 Å². The van der Waals surface area contributed by atoms with E-state index in [9.17, 15) is 40.0 Å². The molecule has 0 atom stereocenters. The van der Waals surface area contributed by atoms with Crippen molar-refractivity contribution in [3.8, 4) is 22.6 Å². The van der Waals surface area contributed by atoms with Crippen LogP contribution in [0, 0.1) is 20.2 Å². The first kappa shape index (κ1) is 23.8. The maximum atomic E-state index is 12.7. The van der Waals surface area contributed by atoms with Crippen molar-refractivity contribution in [2.75, 3.05) is 0 Å². The lowest BCUT2D eigenvalue weighted by molar-refractivity contribution is -0.386. The van der Waals surface area contributed by atoms with Crippen LogP contribution in [-0.4, -0.2) is 31.6 Å². The third-order valence-electron chi connectivity index (χ3n) is 5.50. The number of nitro benzene ring substituents is 2. The molecule has 2 N–H and O–H groups in total. The summed E-state index contributed by atoms with van der Waals surface area (Å²) in [6.45, 7) is 0. The third kappa shape index (κ3) is 4.64. The largest absolute Gasteiger partial charge is 0.502 e. The van der Waals surface area contributed by atoms with Crippen molar-refractivity contribution >= 4 is 22.9 Å². The summed E-state index contributed by atoms with van der Waals surface area (Å²) >= 11 is 0. The number of ketones is 2. The molecule has 0 fully saturated rings. The van der Waals surface area contributed by atoms with Crippen LogP contribution in [0.5, 0.6) is 11.5 Å². The molecule has 0 unspecified atom stereocenters. The van der Waals surface area contributed by atoms with E-state index in [1.165, 1.54) is 12.1 Å². The number of carbonyl (C=O) groups excluding carboxylic acids is 2. The zero-order chi connectivity index (χ0) is 26.0. The van der Waals surface area contributed by atoms with E-state index in [1.807, 2.05) is 0 Å². The summed E-state index contributed by atoms with van der Waals surface area (Å²) in [5.74, 6) is -1.96. The first-order valence-electron chi connectivity index (χ1n) is 10.4. The van der Waals surface area contributed by atoms with E-state index in [-0.39, 0.29) is 11.1 Å². The number of hydrogen-bond donors (Lipinski definition) is 2. The van der Waals surface area contributed by atoms with Crippen LogP contribution in [0.15, 0.2) is 84.9 Å². The summed E-state index contributed by atoms with van der Waals surface area (Å²) in [7, 11) is 0. The number of carbonyl (C=O) groups is 2. The summed E-state index contributed by atoms with van der Waals surface area (Å²) in [6, 6.07) is 19.8. The molecule has 10 heteroatoms. The molecule has 4 aromatic carbocycles. The molecule has 178 valence electrons. The Hall–Kier alpha value is -5.38. The quantitative estimate of drug-likeness (QED) is 0.209. The van der Waals surface area contributed by atoms with Crippen molar-refractivity contribution < 1.29 is 29.6 Å². The Balaban J connectivity index is 1.54. The van der Waals surface area contributed by atoms with Gasteiger partial charge in [-0.2, -0.15) is 0 Å². The molecule has 10 nitrogen and oxygen atoms in total. The van der Waals surface area contributed by atoms with Gasteiger partial charge >= 0.3 is 11.4 Å². The smallest absolute Gasteiger partial charge is 0.311 e. The van der Waals surface area contributed by atoms with Crippen LogP contribution in [0.1, 0.15) is 31.8 Å². The van der Waals surface area contributed by atoms with Gasteiger partial charge in [0.1, 0.15) is 0 Å². The molecule has 4 aromatic rings. The van der Waals surface area contributed by atoms with Gasteiger partial charge in [-0.1, -0.05) is 48.5 Å². The van der Waals surface area contributed by atoms with Gasteiger partial charge in [-0.25, -0.2) is 0 Å². The minimum Gasteiger partial charge on any atom is -0.502 e. The van der Waals surface area contributed by atoms with Gasteiger partial charge < -0.3 is 10.2 Å². The lowest BCUT2D eigenvalue weighted by Crippen LogP contribution is -2.03. The molecule has 0 heterocycles. The van der Waals surface area contributed by atoms with Gasteiger partial charge in [-0.3, -0.25) is 29.8 Å². The molecular weight excluding hydrogens is 468 g/mol. The number of nitrogens with zero attached hydrogens (tertiary/aromatic N) is 2. The van der Waals surface area contributed by atoms with Crippen molar-refractivity contribution in [2.24, 2.45) is 0 Å². The highest BCUT2D eigenvalue weighted by molar-refractivity contribution is 6.10. The maximum absolute atomic E-state index is 12.7. The molecule has 0 radical (unpaired) electrons. The lowest BCUT2D eigenvalue weighted by atomic mass is 9.97. The second-order valence-corrected chi connectivity index (χ2v) is 7.73. The van der Waals surface area contributed by atoms with E-state index < -0.39 is 44.3 Å². The Kier molecular flexibility index (Phi) is 6.25. The molecular formula is C26H16N2O8. The van der Waals surface area contributed by atoms with Crippen LogP contribution in [0.25, 0.3) is 11.1 Å². The summed E-state index contributed by atoms with van der Waals surface area (Å²) < 4.78 is 0. The summed E-state index contributed by atoms with van der Waals surface area (Å²) in [5, 5.41) is 41.2. The number of phenolic OH excluding ortho intramolecular Hbond substituents is 2. The Labute approximate surface area is 203 Å². The lowest BCUT2D eigenvalue weighted by Gasteiger charge is -2.07. The maximum Gasteiger partial charge on any atom is 0.311 e. The Morgan fingerprint density at radius 1 is 0.528 bits per heavy atom. The van der Waals surface area contributed by atoms with E-state index in [1.54, 1.807) is 48.5 Å². The summed E-state index contributed by atoms with van der Waals surface area (Å²) in [5.41, 5.74) is 1.06. The molecule has 0 bridgehead atoms. The van der Waals surface area contributed by atoms with Gasteiger partial charge in [0.15, 0.2) is 23.1 Å². The van der Waals surface area contributed by atoms with E-state index in [0.717, 1.165) is 35.4 Å². The van der Waals surface area contributed by atoms with Gasteiger partial charge in [0, 0.05) is 34.4 Å². The minimum absolute atomic E-state index is 0.0598. The van der Waals surface area contributed by atoms with Crippen molar-refractivity contribution in [1.29, 1.82) is 0 Å². The fourth-order valence-corrected chi connectivity index (χ4v) is 3.58. The number of phenols is 2. The van der Waals surface area contributed by atoms with Crippen LogP contribution in [0.4, 0.5) is 11.4 Å². The zero-order valence-corrected chi connectivity index (χ0v) is 18.3. The minimum atomic E-state index is -0.771. The summed E-state index contributed by atoms with van der Waals surface area (Å²) in [4.78, 5) is 45.9. The highest BCUT2D eigenvalue weighted by Crippen LogP contribution is 2.29. The molecule has 0 aromatic heterocycles. The van der Waals surface area contributed by atoms with Crippen molar-refractivity contribution in [3.05, 3.63) is 127 Å². The van der Waals surface area contributed by atoms with Crippen LogP contribution in [0.3, 0.4) is 0 Å². The second kappa shape index (κ2) is 9.47. The van der Waals surface area contributed by atoms with E-state index in [2.05, 4.69) is 0 Å². The van der Waals surface area contributed by atoms with E-state index in [4.69, 9.17) is 0 Å². The van der Waals surface area contributed by atoms with Gasteiger partial charge in [-0.15, -0.1) is 0 Å². The molecule has 0 saturated carbocycles. The van der Waals surface area contributed by atoms with E-state index in [0.29, 0.717) is 11.1 Å². The monoisotopic (exact) mass is 484 g/mol. The van der Waals surface area contributed by atoms with Gasteiger partial charge in [0.25, 0.3) is 0 Å². The van der Waals surface area contributed by atoms with Crippen LogP contribution in [0.2, 0.25) is 0 Å².